The number of halogens is 3. The maximum Gasteiger partial charge on any atom is 0.326 e. The Kier molecular flexibility index (Phi) is 10.9. The molecule has 2 aromatic heterocycles. The Morgan fingerprint density at radius 2 is 1.39 bits per heavy atom. The van der Waals surface area contributed by atoms with Crippen molar-refractivity contribution in [1.29, 1.82) is 0 Å². The lowest BCUT2D eigenvalue weighted by Crippen LogP contribution is -2.35. The van der Waals surface area contributed by atoms with E-state index < -0.39 is 11.9 Å². The van der Waals surface area contributed by atoms with Gasteiger partial charge in [0, 0.05) is 13.1 Å². The van der Waals surface area contributed by atoms with Gasteiger partial charge in [0.05, 0.1) is 36.2 Å². The van der Waals surface area contributed by atoms with Crippen LogP contribution in [0.25, 0.3) is 0 Å². The van der Waals surface area contributed by atoms with E-state index in [4.69, 9.17) is 49.3 Å². The van der Waals surface area contributed by atoms with Crippen molar-refractivity contribution >= 4 is 58.2 Å². The molecule has 0 saturated heterocycles. The first-order valence-corrected chi connectivity index (χ1v) is 14.8. The standard InChI is InChI=1S/C32H32Cl3N5O4/c1-18(2)27-28(37-32(42)39-31(41)24-15-25(33)30(35)38-29(24)34)19(3)14-26(36-27)40(16-20-6-10-22(43-4)11-7-20)17-21-8-12-23(44-5)13-9-21/h6-15,18H,16-17H2,1-5H3,(H2,37,39,41,42). The van der Waals surface area contributed by atoms with Gasteiger partial charge < -0.3 is 19.7 Å². The smallest absolute Gasteiger partial charge is 0.326 e. The molecule has 0 unspecified atom stereocenters. The summed E-state index contributed by atoms with van der Waals surface area (Å²) in [5.74, 6) is 1.44. The Hall–Kier alpha value is -4.05. The average Bonchev–Trinajstić information content (AvgIpc) is 3.00. The van der Waals surface area contributed by atoms with Crippen LogP contribution in [0.5, 0.6) is 11.5 Å². The van der Waals surface area contributed by atoms with E-state index in [1.165, 1.54) is 6.07 Å². The van der Waals surface area contributed by atoms with Gasteiger partial charge in [-0.05, 0) is 65.9 Å². The van der Waals surface area contributed by atoms with Crippen LogP contribution in [-0.4, -0.2) is 36.1 Å². The van der Waals surface area contributed by atoms with Gasteiger partial charge in [0.2, 0.25) is 0 Å². The molecule has 230 valence electrons. The first kappa shape index (κ1) is 32.9. The highest BCUT2D eigenvalue weighted by atomic mass is 35.5. The number of carbonyl (C=O) groups is 2. The van der Waals surface area contributed by atoms with Crippen molar-refractivity contribution in [2.45, 2.75) is 39.8 Å². The van der Waals surface area contributed by atoms with Crippen LogP contribution in [0.2, 0.25) is 15.3 Å². The Balaban J connectivity index is 1.63. The van der Waals surface area contributed by atoms with Gasteiger partial charge in [0.25, 0.3) is 5.91 Å². The number of hydrogen-bond donors (Lipinski definition) is 2. The number of imide groups is 1. The van der Waals surface area contributed by atoms with Crippen LogP contribution in [0.1, 0.15) is 52.5 Å². The second-order valence-corrected chi connectivity index (χ2v) is 11.4. The Labute approximate surface area is 271 Å². The predicted octanol–water partition coefficient (Wildman–Crippen LogP) is 8.05. The second kappa shape index (κ2) is 14.6. The number of urea groups is 1. The van der Waals surface area contributed by atoms with Gasteiger partial charge in [0.1, 0.15) is 27.6 Å². The van der Waals surface area contributed by atoms with E-state index in [0.717, 1.165) is 34.0 Å². The van der Waals surface area contributed by atoms with Crippen LogP contribution in [0.4, 0.5) is 16.3 Å². The van der Waals surface area contributed by atoms with Crippen molar-refractivity contribution in [3.05, 3.63) is 104 Å². The molecule has 2 N–H and O–H groups in total. The quantitative estimate of drug-likeness (QED) is 0.166. The van der Waals surface area contributed by atoms with Gasteiger partial charge in [-0.25, -0.2) is 14.8 Å². The first-order chi connectivity index (χ1) is 21.0. The molecule has 4 rings (SSSR count). The van der Waals surface area contributed by atoms with Gasteiger partial charge >= 0.3 is 6.03 Å². The van der Waals surface area contributed by atoms with Crippen molar-refractivity contribution in [2.75, 3.05) is 24.4 Å². The van der Waals surface area contributed by atoms with Gasteiger partial charge in [-0.15, -0.1) is 0 Å². The maximum absolute atomic E-state index is 13.0. The number of pyridine rings is 2. The van der Waals surface area contributed by atoms with Crippen LogP contribution >= 0.6 is 34.8 Å². The number of aromatic nitrogens is 2. The zero-order chi connectivity index (χ0) is 32.0. The monoisotopic (exact) mass is 655 g/mol. The topological polar surface area (TPSA) is 106 Å². The normalized spacial score (nSPS) is 10.8. The molecule has 3 amide bonds. The SMILES string of the molecule is COc1ccc(CN(Cc2ccc(OC)cc2)c2cc(C)c(NC(=O)NC(=O)c3cc(Cl)c(Cl)nc3Cl)c(C(C)C)n2)cc1. The summed E-state index contributed by atoms with van der Waals surface area (Å²) in [6.45, 7) is 6.99. The fourth-order valence-corrected chi connectivity index (χ4v) is 5.02. The fraction of sp³-hybridized carbons (Fsp3) is 0.250. The molecule has 0 atom stereocenters. The molecule has 12 heteroatoms. The summed E-state index contributed by atoms with van der Waals surface area (Å²) in [6, 6.07) is 18.2. The van der Waals surface area contributed by atoms with E-state index in [1.54, 1.807) is 14.2 Å². The lowest BCUT2D eigenvalue weighted by molar-refractivity contribution is 0.0967. The summed E-state index contributed by atoms with van der Waals surface area (Å²) in [5.41, 5.74) is 3.98. The average molecular weight is 657 g/mol. The van der Waals surface area contributed by atoms with Crippen molar-refractivity contribution in [3.63, 3.8) is 0 Å². The van der Waals surface area contributed by atoms with Crippen molar-refractivity contribution < 1.29 is 19.1 Å². The molecular formula is C32H32Cl3N5O4. The largest absolute Gasteiger partial charge is 0.497 e. The molecule has 9 nitrogen and oxygen atoms in total. The fourth-order valence-electron chi connectivity index (χ4n) is 4.46. The lowest BCUT2D eigenvalue weighted by Gasteiger charge is -2.27. The van der Waals surface area contributed by atoms with E-state index in [-0.39, 0.29) is 26.8 Å². The number of amides is 3. The van der Waals surface area contributed by atoms with Crippen LogP contribution in [0, 0.1) is 6.92 Å². The molecule has 0 bridgehead atoms. The zero-order valence-corrected chi connectivity index (χ0v) is 27.1. The van der Waals surface area contributed by atoms with E-state index >= 15 is 0 Å². The highest BCUT2D eigenvalue weighted by Gasteiger charge is 2.22. The number of anilines is 2. The van der Waals surface area contributed by atoms with E-state index in [2.05, 4.69) is 20.5 Å². The lowest BCUT2D eigenvalue weighted by atomic mass is 10.0. The molecule has 0 aliphatic heterocycles. The third-order valence-electron chi connectivity index (χ3n) is 6.76. The third kappa shape index (κ3) is 8.11. The Bertz CT molecular complexity index is 1600. The highest BCUT2D eigenvalue weighted by Crippen LogP contribution is 2.32. The molecule has 2 aromatic carbocycles. The maximum atomic E-state index is 13.0. The first-order valence-electron chi connectivity index (χ1n) is 13.6. The number of nitrogens with zero attached hydrogens (tertiary/aromatic N) is 3. The number of nitrogens with one attached hydrogen (secondary N) is 2. The molecule has 0 spiro atoms. The molecule has 4 aromatic rings. The molecular weight excluding hydrogens is 625 g/mol. The molecule has 0 saturated carbocycles. The molecule has 44 heavy (non-hydrogen) atoms. The van der Waals surface area contributed by atoms with Crippen molar-refractivity contribution in [1.82, 2.24) is 15.3 Å². The Morgan fingerprint density at radius 3 is 1.89 bits per heavy atom. The number of benzene rings is 2. The highest BCUT2D eigenvalue weighted by molar-refractivity contribution is 6.42. The van der Waals surface area contributed by atoms with Gasteiger partial charge in [-0.1, -0.05) is 72.9 Å². The van der Waals surface area contributed by atoms with E-state index in [9.17, 15) is 9.59 Å². The van der Waals surface area contributed by atoms with Crippen LogP contribution in [0.3, 0.4) is 0 Å². The summed E-state index contributed by atoms with van der Waals surface area (Å²) in [6.07, 6.45) is 0. The van der Waals surface area contributed by atoms with Gasteiger partial charge in [-0.2, -0.15) is 0 Å². The minimum Gasteiger partial charge on any atom is -0.497 e. The van der Waals surface area contributed by atoms with Crippen LogP contribution in [-0.2, 0) is 13.1 Å². The van der Waals surface area contributed by atoms with E-state index in [0.29, 0.717) is 24.5 Å². The number of methoxy groups -OCH3 is 2. The van der Waals surface area contributed by atoms with Crippen LogP contribution in [0.15, 0.2) is 60.7 Å². The summed E-state index contributed by atoms with van der Waals surface area (Å²) < 4.78 is 10.6. The van der Waals surface area contributed by atoms with Crippen molar-refractivity contribution in [3.8, 4) is 11.5 Å². The Morgan fingerprint density at radius 1 is 0.841 bits per heavy atom. The third-order valence-corrected chi connectivity index (χ3v) is 7.72. The molecule has 0 aliphatic rings. The minimum atomic E-state index is -0.781. The van der Waals surface area contributed by atoms with Gasteiger partial charge in [0.15, 0.2) is 0 Å². The molecule has 0 radical (unpaired) electrons. The molecule has 0 aliphatic carbocycles. The van der Waals surface area contributed by atoms with Crippen molar-refractivity contribution in [2.24, 2.45) is 0 Å². The summed E-state index contributed by atoms with van der Waals surface area (Å²) >= 11 is 17.9. The summed E-state index contributed by atoms with van der Waals surface area (Å²) in [7, 11) is 3.27. The number of rotatable bonds is 10. The summed E-state index contributed by atoms with van der Waals surface area (Å²) in [4.78, 5) is 36.7. The van der Waals surface area contributed by atoms with Gasteiger partial charge in [-0.3, -0.25) is 10.1 Å². The van der Waals surface area contributed by atoms with Crippen LogP contribution < -0.4 is 25.0 Å². The zero-order valence-electron chi connectivity index (χ0n) is 24.9. The second-order valence-electron chi connectivity index (χ2n) is 10.3. The van der Waals surface area contributed by atoms with E-state index in [1.807, 2.05) is 75.4 Å². The predicted molar refractivity (Wildman–Crippen MR) is 175 cm³/mol. The number of aryl methyl sites for hydroxylation is 1. The minimum absolute atomic E-state index is 0.0354. The number of ether oxygens (including phenoxy) is 2. The molecule has 0 fully saturated rings. The number of carbonyl (C=O) groups excluding carboxylic acids is 2. The summed E-state index contributed by atoms with van der Waals surface area (Å²) in [5, 5.41) is 4.88. The number of hydrogen-bond acceptors (Lipinski definition) is 7. The molecule has 2 heterocycles.